The first-order valence-electron chi connectivity index (χ1n) is 7.53. The summed E-state index contributed by atoms with van der Waals surface area (Å²) in [6.07, 6.45) is 0. The van der Waals surface area contributed by atoms with Gasteiger partial charge in [0.05, 0.1) is 5.75 Å². The lowest BCUT2D eigenvalue weighted by atomic mass is 10.2. The molecule has 0 saturated heterocycles. The summed E-state index contributed by atoms with van der Waals surface area (Å²) in [7, 11) is 0. The number of ether oxygens (including phenoxy) is 1. The summed E-state index contributed by atoms with van der Waals surface area (Å²) >= 11 is 3.43. The molecule has 5 nitrogen and oxygen atoms in total. The highest BCUT2D eigenvalue weighted by Crippen LogP contribution is 2.20. The summed E-state index contributed by atoms with van der Waals surface area (Å²) in [5.41, 5.74) is 1.80. The predicted octanol–water partition coefficient (Wildman–Crippen LogP) is 4.54. The van der Waals surface area contributed by atoms with Crippen LogP contribution in [0.25, 0.3) is 0 Å². The lowest BCUT2D eigenvalue weighted by molar-refractivity contribution is 0.102. The maximum Gasteiger partial charge on any atom is 0.277 e. The second-order valence-corrected chi connectivity index (χ2v) is 7.46. The minimum absolute atomic E-state index is 0.0251. The minimum Gasteiger partial charge on any atom is -0.484 e. The van der Waals surface area contributed by atoms with Crippen molar-refractivity contribution in [1.29, 1.82) is 0 Å². The van der Waals surface area contributed by atoms with Crippen LogP contribution in [-0.4, -0.2) is 21.7 Å². The first-order chi connectivity index (χ1) is 12.1. The Balaban J connectivity index is 1.51. The van der Waals surface area contributed by atoms with Crippen molar-refractivity contribution in [3.05, 3.63) is 69.1 Å². The number of benzene rings is 2. The quantitative estimate of drug-likeness (QED) is 0.290. The van der Waals surface area contributed by atoms with Crippen molar-refractivity contribution in [1.82, 2.24) is 10.2 Å². The van der Waals surface area contributed by atoms with E-state index in [-0.39, 0.29) is 18.1 Å². The highest BCUT2D eigenvalue weighted by molar-refractivity contribution is 14.1. The van der Waals surface area contributed by atoms with Crippen molar-refractivity contribution in [3.8, 4) is 5.75 Å². The number of nitrogens with zero attached hydrogens (tertiary/aromatic N) is 2. The fourth-order valence-corrected chi connectivity index (χ4v) is 3.09. The summed E-state index contributed by atoms with van der Waals surface area (Å²) < 4.78 is 12.2. The van der Waals surface area contributed by atoms with Crippen LogP contribution < -0.4 is 4.74 Å². The van der Waals surface area contributed by atoms with Gasteiger partial charge in [0.25, 0.3) is 11.1 Å². The maximum absolute atomic E-state index is 12.1. The Labute approximate surface area is 163 Å². The molecule has 0 aliphatic heterocycles. The number of Topliss-reactive ketones (excluding diaryl/α,β-unsaturated/α-hetero) is 1. The van der Waals surface area contributed by atoms with E-state index in [9.17, 15) is 4.79 Å². The molecule has 0 radical (unpaired) electrons. The van der Waals surface area contributed by atoms with Crippen LogP contribution in [0, 0.1) is 10.5 Å². The van der Waals surface area contributed by atoms with E-state index in [0.29, 0.717) is 16.7 Å². The summed E-state index contributed by atoms with van der Waals surface area (Å²) in [5, 5.41) is 8.24. The number of hydrogen-bond acceptors (Lipinski definition) is 6. The van der Waals surface area contributed by atoms with E-state index in [4.69, 9.17) is 9.15 Å². The van der Waals surface area contributed by atoms with Crippen molar-refractivity contribution < 1.29 is 13.9 Å². The molecular formula is C18H15IN2O3S. The van der Waals surface area contributed by atoms with Crippen molar-refractivity contribution in [2.45, 2.75) is 18.8 Å². The summed E-state index contributed by atoms with van der Waals surface area (Å²) in [5.74, 6) is 1.41. The zero-order valence-corrected chi connectivity index (χ0v) is 16.4. The molecule has 7 heteroatoms. The Morgan fingerprint density at radius 2 is 2.00 bits per heavy atom. The average Bonchev–Trinajstić information content (AvgIpc) is 3.06. The highest BCUT2D eigenvalue weighted by Gasteiger charge is 2.11. The van der Waals surface area contributed by atoms with Gasteiger partial charge in [0.1, 0.15) is 5.75 Å². The van der Waals surface area contributed by atoms with Gasteiger partial charge in [0, 0.05) is 9.13 Å². The zero-order valence-electron chi connectivity index (χ0n) is 13.4. The topological polar surface area (TPSA) is 65.2 Å². The minimum atomic E-state index is 0.0251. The number of carbonyl (C=O) groups is 1. The number of thioether (sulfide) groups is 1. The van der Waals surface area contributed by atoms with Crippen molar-refractivity contribution in [2.24, 2.45) is 0 Å². The predicted molar refractivity (Wildman–Crippen MR) is 104 cm³/mol. The molecule has 1 heterocycles. The van der Waals surface area contributed by atoms with Gasteiger partial charge in [-0.3, -0.25) is 4.79 Å². The molecule has 0 atom stereocenters. The highest BCUT2D eigenvalue weighted by atomic mass is 127. The molecule has 0 aliphatic rings. The van der Waals surface area contributed by atoms with Crippen LogP contribution in [0.5, 0.6) is 5.75 Å². The molecule has 0 unspecified atom stereocenters. The molecule has 0 N–H and O–H groups in total. The number of aromatic nitrogens is 2. The molecule has 0 spiro atoms. The molecule has 2 aromatic carbocycles. The zero-order chi connectivity index (χ0) is 17.6. The van der Waals surface area contributed by atoms with Crippen LogP contribution in [0.15, 0.2) is 58.2 Å². The van der Waals surface area contributed by atoms with E-state index in [2.05, 4.69) is 32.8 Å². The van der Waals surface area contributed by atoms with E-state index in [1.807, 2.05) is 55.5 Å². The number of halogens is 1. The second-order valence-electron chi connectivity index (χ2n) is 5.29. The third-order valence-corrected chi connectivity index (χ3v) is 4.83. The first kappa shape index (κ1) is 17.9. The van der Waals surface area contributed by atoms with Gasteiger partial charge in [-0.25, -0.2) is 0 Å². The number of carbonyl (C=O) groups excluding carboxylic acids is 1. The third-order valence-electron chi connectivity index (χ3n) is 3.29. The van der Waals surface area contributed by atoms with Crippen LogP contribution >= 0.6 is 34.4 Å². The number of ketones is 1. The molecule has 0 bridgehead atoms. The monoisotopic (exact) mass is 466 g/mol. The van der Waals surface area contributed by atoms with Gasteiger partial charge in [0.2, 0.25) is 0 Å². The molecular weight excluding hydrogens is 451 g/mol. The lowest BCUT2D eigenvalue weighted by Gasteiger charge is -2.03. The SMILES string of the molecule is Cc1cccc(OCc2nnc(SCC(=O)c3ccc(I)cc3)o2)c1. The van der Waals surface area contributed by atoms with Gasteiger partial charge in [-0.05, 0) is 59.3 Å². The standard InChI is InChI=1S/C18H15IN2O3S/c1-12-3-2-4-15(9-12)23-10-17-20-21-18(24-17)25-11-16(22)13-5-7-14(19)8-6-13/h2-9H,10-11H2,1H3. The van der Waals surface area contributed by atoms with Crippen LogP contribution in [0.2, 0.25) is 0 Å². The van der Waals surface area contributed by atoms with Gasteiger partial charge in [0.15, 0.2) is 12.4 Å². The molecule has 128 valence electrons. The molecule has 25 heavy (non-hydrogen) atoms. The summed E-state index contributed by atoms with van der Waals surface area (Å²) in [6, 6.07) is 15.2. The Kier molecular flexibility index (Phi) is 6.09. The third kappa shape index (κ3) is 5.30. The molecule has 1 aromatic heterocycles. The summed E-state index contributed by atoms with van der Waals surface area (Å²) in [4.78, 5) is 12.1. The number of rotatable bonds is 7. The fraction of sp³-hybridized carbons (Fsp3) is 0.167. The Morgan fingerprint density at radius 1 is 1.20 bits per heavy atom. The van der Waals surface area contributed by atoms with E-state index in [0.717, 1.165) is 14.9 Å². The molecule has 3 rings (SSSR count). The van der Waals surface area contributed by atoms with Gasteiger partial charge in [-0.1, -0.05) is 36.0 Å². The van der Waals surface area contributed by atoms with Crippen molar-refractivity contribution in [2.75, 3.05) is 5.75 Å². The van der Waals surface area contributed by atoms with Crippen LogP contribution in [-0.2, 0) is 6.61 Å². The van der Waals surface area contributed by atoms with E-state index >= 15 is 0 Å². The summed E-state index contributed by atoms with van der Waals surface area (Å²) in [6.45, 7) is 2.20. The number of aryl methyl sites for hydroxylation is 1. The largest absolute Gasteiger partial charge is 0.484 e. The Morgan fingerprint density at radius 3 is 2.76 bits per heavy atom. The Bertz CT molecular complexity index is 865. The van der Waals surface area contributed by atoms with E-state index < -0.39 is 0 Å². The van der Waals surface area contributed by atoms with Crippen molar-refractivity contribution in [3.63, 3.8) is 0 Å². The van der Waals surface area contributed by atoms with Crippen LogP contribution in [0.1, 0.15) is 21.8 Å². The smallest absolute Gasteiger partial charge is 0.277 e. The molecule has 0 amide bonds. The average molecular weight is 466 g/mol. The first-order valence-corrected chi connectivity index (χ1v) is 9.60. The van der Waals surface area contributed by atoms with Crippen molar-refractivity contribution >= 4 is 40.1 Å². The Hall–Kier alpha value is -1.87. The van der Waals surface area contributed by atoms with Crippen LogP contribution in [0.3, 0.4) is 0 Å². The molecule has 0 fully saturated rings. The maximum atomic E-state index is 12.1. The van der Waals surface area contributed by atoms with Gasteiger partial charge in [-0.2, -0.15) is 0 Å². The number of hydrogen-bond donors (Lipinski definition) is 0. The lowest BCUT2D eigenvalue weighted by Crippen LogP contribution is -2.02. The molecule has 0 saturated carbocycles. The van der Waals surface area contributed by atoms with E-state index in [1.54, 1.807) is 0 Å². The second kappa shape index (κ2) is 8.48. The fourth-order valence-electron chi connectivity index (χ4n) is 2.05. The van der Waals surface area contributed by atoms with Gasteiger partial charge >= 0.3 is 0 Å². The normalized spacial score (nSPS) is 10.6. The molecule has 0 aliphatic carbocycles. The van der Waals surface area contributed by atoms with Gasteiger partial charge < -0.3 is 9.15 Å². The van der Waals surface area contributed by atoms with Gasteiger partial charge in [-0.15, -0.1) is 10.2 Å². The van der Waals surface area contributed by atoms with E-state index in [1.165, 1.54) is 11.8 Å². The molecule has 3 aromatic rings. The van der Waals surface area contributed by atoms with Crippen LogP contribution in [0.4, 0.5) is 0 Å².